The van der Waals surface area contributed by atoms with Gasteiger partial charge in [-0.05, 0) is 62.2 Å². The Balaban J connectivity index is 2.01. The first kappa shape index (κ1) is 24.5. The second kappa shape index (κ2) is 10.5. The molecule has 0 fully saturated rings. The Morgan fingerprint density at radius 1 is 1.12 bits per heavy atom. The number of benzene rings is 2. The molecule has 0 aliphatic heterocycles. The lowest BCUT2D eigenvalue weighted by Gasteiger charge is -2.13. The molecule has 0 spiro atoms. The third-order valence-corrected chi connectivity index (χ3v) is 5.98. The number of carbonyl (C=O) groups is 2. The summed E-state index contributed by atoms with van der Waals surface area (Å²) in [6, 6.07) is 11.0. The Labute approximate surface area is 185 Å². The fourth-order valence-electron chi connectivity index (χ4n) is 2.73. The highest BCUT2D eigenvalue weighted by atomic mass is 32.2. The third kappa shape index (κ3) is 6.38. The molecule has 3 N–H and O–H groups in total. The van der Waals surface area contributed by atoms with Gasteiger partial charge in [-0.3, -0.25) is 24.4 Å². The van der Waals surface area contributed by atoms with Crippen LogP contribution in [-0.4, -0.2) is 31.7 Å². The summed E-state index contributed by atoms with van der Waals surface area (Å²) in [5.74, 6) is -1.39. The molecule has 11 heteroatoms. The maximum atomic E-state index is 12.8. The van der Waals surface area contributed by atoms with Crippen molar-refractivity contribution >= 4 is 33.2 Å². The molecule has 0 aliphatic carbocycles. The second-order valence-corrected chi connectivity index (χ2v) is 8.55. The van der Waals surface area contributed by atoms with Crippen LogP contribution in [0.4, 0.5) is 11.4 Å². The molecule has 0 aliphatic rings. The van der Waals surface area contributed by atoms with Gasteiger partial charge in [0.1, 0.15) is 0 Å². The van der Waals surface area contributed by atoms with Gasteiger partial charge in [0.15, 0.2) is 0 Å². The summed E-state index contributed by atoms with van der Waals surface area (Å²) in [5, 5.41) is 15.6. The standard InChI is InChI=1S/C21H24N4O6S/c1-4-19(25(28)29)21(27)22-12-11-20(26)23-16-8-6-9-17(13-16)32(30,31)24-18-10-5-7-14(2)15(18)3/h4-10,13,24H,11-12H2,1-3H3,(H,22,27)(H,23,26)/b19-4+. The molecule has 0 saturated carbocycles. The molecule has 0 unspecified atom stereocenters. The summed E-state index contributed by atoms with van der Waals surface area (Å²) in [6.07, 6.45) is 0.909. The van der Waals surface area contributed by atoms with E-state index in [0.29, 0.717) is 5.69 Å². The van der Waals surface area contributed by atoms with Gasteiger partial charge in [-0.15, -0.1) is 0 Å². The van der Waals surface area contributed by atoms with Crippen molar-refractivity contribution in [3.05, 3.63) is 75.5 Å². The first-order chi connectivity index (χ1) is 15.0. The average molecular weight is 461 g/mol. The largest absolute Gasteiger partial charge is 0.346 e. The number of sulfonamides is 1. The van der Waals surface area contributed by atoms with Crippen molar-refractivity contribution in [1.29, 1.82) is 0 Å². The monoisotopic (exact) mass is 460 g/mol. The smallest absolute Gasteiger partial charge is 0.329 e. The summed E-state index contributed by atoms with van der Waals surface area (Å²) in [4.78, 5) is 33.7. The lowest BCUT2D eigenvalue weighted by Crippen LogP contribution is -2.31. The molecule has 2 aromatic rings. The van der Waals surface area contributed by atoms with Crippen molar-refractivity contribution in [2.45, 2.75) is 32.1 Å². The Bertz CT molecular complexity index is 1170. The van der Waals surface area contributed by atoms with E-state index < -0.39 is 32.5 Å². The van der Waals surface area contributed by atoms with Crippen LogP contribution in [-0.2, 0) is 19.6 Å². The molecule has 2 rings (SSSR count). The predicted molar refractivity (Wildman–Crippen MR) is 120 cm³/mol. The number of allylic oxidation sites excluding steroid dienone is 1. The number of nitrogens with one attached hydrogen (secondary N) is 3. The van der Waals surface area contributed by atoms with E-state index in [1.165, 1.54) is 31.2 Å². The molecule has 170 valence electrons. The summed E-state index contributed by atoms with van der Waals surface area (Å²) < 4.78 is 28.1. The number of nitrogens with zero attached hydrogens (tertiary/aromatic N) is 1. The Kier molecular flexibility index (Phi) is 8.08. The molecular weight excluding hydrogens is 436 g/mol. The number of amides is 2. The highest BCUT2D eigenvalue weighted by Gasteiger charge is 2.20. The fraction of sp³-hybridized carbons (Fsp3) is 0.238. The zero-order chi connectivity index (χ0) is 23.9. The van der Waals surface area contributed by atoms with Gasteiger partial charge in [0.05, 0.1) is 15.5 Å². The van der Waals surface area contributed by atoms with Crippen LogP contribution in [0, 0.1) is 24.0 Å². The van der Waals surface area contributed by atoms with Crippen LogP contribution >= 0.6 is 0 Å². The minimum Gasteiger partial charge on any atom is -0.346 e. The first-order valence-electron chi connectivity index (χ1n) is 9.63. The Morgan fingerprint density at radius 2 is 1.81 bits per heavy atom. The van der Waals surface area contributed by atoms with E-state index in [0.717, 1.165) is 17.2 Å². The predicted octanol–water partition coefficient (Wildman–Crippen LogP) is 2.73. The van der Waals surface area contributed by atoms with E-state index in [1.807, 2.05) is 19.9 Å². The fourth-order valence-corrected chi connectivity index (χ4v) is 3.90. The highest BCUT2D eigenvalue weighted by molar-refractivity contribution is 7.92. The van der Waals surface area contributed by atoms with Gasteiger partial charge in [-0.1, -0.05) is 18.2 Å². The van der Waals surface area contributed by atoms with E-state index in [1.54, 1.807) is 12.1 Å². The van der Waals surface area contributed by atoms with Crippen molar-refractivity contribution in [2.75, 3.05) is 16.6 Å². The van der Waals surface area contributed by atoms with Crippen LogP contribution in [0.15, 0.2) is 59.1 Å². The van der Waals surface area contributed by atoms with Crippen molar-refractivity contribution in [3.63, 3.8) is 0 Å². The number of nitro groups is 1. The van der Waals surface area contributed by atoms with Crippen molar-refractivity contribution in [2.24, 2.45) is 0 Å². The highest BCUT2D eigenvalue weighted by Crippen LogP contribution is 2.23. The number of hydrogen-bond acceptors (Lipinski definition) is 6. The topological polar surface area (TPSA) is 148 Å². The van der Waals surface area contributed by atoms with Crippen LogP contribution in [0.3, 0.4) is 0 Å². The number of carbonyl (C=O) groups excluding carboxylic acids is 2. The Hall–Kier alpha value is -3.73. The van der Waals surface area contributed by atoms with E-state index in [4.69, 9.17) is 0 Å². The molecular formula is C21H24N4O6S. The minimum atomic E-state index is -3.89. The molecule has 0 saturated heterocycles. The molecule has 10 nitrogen and oxygen atoms in total. The second-order valence-electron chi connectivity index (χ2n) is 6.87. The van der Waals surface area contributed by atoms with E-state index in [-0.39, 0.29) is 23.5 Å². The number of rotatable bonds is 9. The number of anilines is 2. The maximum Gasteiger partial charge on any atom is 0.329 e. The van der Waals surface area contributed by atoms with Crippen LogP contribution in [0.2, 0.25) is 0 Å². The van der Waals surface area contributed by atoms with E-state index >= 15 is 0 Å². The zero-order valence-electron chi connectivity index (χ0n) is 17.8. The van der Waals surface area contributed by atoms with Crippen LogP contribution in [0.25, 0.3) is 0 Å². The maximum absolute atomic E-state index is 12.8. The number of aryl methyl sites for hydroxylation is 1. The third-order valence-electron chi connectivity index (χ3n) is 4.62. The minimum absolute atomic E-state index is 0.0341. The van der Waals surface area contributed by atoms with Crippen LogP contribution in [0.1, 0.15) is 24.5 Å². The van der Waals surface area contributed by atoms with Gasteiger partial charge in [-0.25, -0.2) is 8.42 Å². The van der Waals surface area contributed by atoms with Gasteiger partial charge in [0.25, 0.3) is 10.0 Å². The summed E-state index contributed by atoms with van der Waals surface area (Å²) in [7, 11) is -3.89. The summed E-state index contributed by atoms with van der Waals surface area (Å²) in [5.41, 5.74) is 1.86. The van der Waals surface area contributed by atoms with E-state index in [2.05, 4.69) is 15.4 Å². The molecule has 0 bridgehead atoms. The van der Waals surface area contributed by atoms with E-state index in [9.17, 15) is 28.1 Å². The van der Waals surface area contributed by atoms with Crippen molar-refractivity contribution in [1.82, 2.24) is 5.32 Å². The summed E-state index contributed by atoms with van der Waals surface area (Å²) in [6.45, 7) is 4.93. The van der Waals surface area contributed by atoms with Crippen LogP contribution in [0.5, 0.6) is 0 Å². The van der Waals surface area contributed by atoms with Gasteiger partial charge in [0, 0.05) is 18.7 Å². The first-order valence-corrected chi connectivity index (χ1v) is 11.1. The SMILES string of the molecule is C/C=C(\C(=O)NCCC(=O)Nc1cccc(S(=O)(=O)Nc2cccc(C)c2C)c1)[N+](=O)[O-]. The molecule has 0 radical (unpaired) electrons. The van der Waals surface area contributed by atoms with Crippen LogP contribution < -0.4 is 15.4 Å². The zero-order valence-corrected chi connectivity index (χ0v) is 18.7. The average Bonchev–Trinajstić information content (AvgIpc) is 2.71. The lowest BCUT2D eigenvalue weighted by molar-refractivity contribution is -0.419. The molecule has 2 amide bonds. The molecule has 0 heterocycles. The molecule has 0 aromatic heterocycles. The van der Waals surface area contributed by atoms with Gasteiger partial charge >= 0.3 is 11.6 Å². The van der Waals surface area contributed by atoms with Gasteiger partial charge < -0.3 is 10.6 Å². The van der Waals surface area contributed by atoms with Crippen molar-refractivity contribution in [3.8, 4) is 0 Å². The van der Waals surface area contributed by atoms with Gasteiger partial charge in [-0.2, -0.15) is 0 Å². The molecule has 2 aromatic carbocycles. The number of hydrogen-bond donors (Lipinski definition) is 3. The molecule has 32 heavy (non-hydrogen) atoms. The van der Waals surface area contributed by atoms with Gasteiger partial charge in [0.2, 0.25) is 5.91 Å². The molecule has 0 atom stereocenters. The normalized spacial score (nSPS) is 11.5. The lowest BCUT2D eigenvalue weighted by atomic mass is 10.1. The summed E-state index contributed by atoms with van der Waals surface area (Å²) >= 11 is 0. The Morgan fingerprint density at radius 3 is 2.47 bits per heavy atom. The van der Waals surface area contributed by atoms with Crippen molar-refractivity contribution < 1.29 is 22.9 Å². The quantitative estimate of drug-likeness (QED) is 0.298.